The molecule has 0 bridgehead atoms. The molecule has 2 N–H and O–H groups in total. The zero-order valence-corrected chi connectivity index (χ0v) is 11.0. The molecule has 19 heavy (non-hydrogen) atoms. The second-order valence-corrected chi connectivity index (χ2v) is 4.79. The highest BCUT2D eigenvalue weighted by Crippen LogP contribution is 2.34. The number of aromatic nitrogens is 1. The molecule has 0 aliphatic carbocycles. The van der Waals surface area contributed by atoms with E-state index in [0.717, 1.165) is 4.70 Å². The predicted molar refractivity (Wildman–Crippen MR) is 72.6 cm³/mol. The van der Waals surface area contributed by atoms with E-state index in [-0.39, 0.29) is 18.8 Å². The summed E-state index contributed by atoms with van der Waals surface area (Å²) in [6.45, 7) is 0.337. The average molecular weight is 283 g/mol. The Morgan fingerprint density at radius 1 is 1.63 bits per heavy atom. The molecule has 1 atom stereocenters. The molecule has 0 saturated heterocycles. The first-order valence-electron chi connectivity index (χ1n) is 5.55. The number of nitro benzene ring substituents is 1. The number of benzene rings is 1. The van der Waals surface area contributed by atoms with Crippen molar-refractivity contribution in [2.24, 2.45) is 0 Å². The number of fused-ring (bicyclic) bond motifs is 1. The highest BCUT2D eigenvalue weighted by molar-refractivity contribution is 7.16. The van der Waals surface area contributed by atoms with E-state index in [1.54, 1.807) is 17.6 Å². The summed E-state index contributed by atoms with van der Waals surface area (Å²) in [6, 6.07) is 3.39. The van der Waals surface area contributed by atoms with Crippen LogP contribution in [0, 0.1) is 10.1 Å². The summed E-state index contributed by atoms with van der Waals surface area (Å²) in [5.74, 6) is 0. The Labute approximate surface area is 113 Å². The third-order valence-corrected chi connectivity index (χ3v) is 3.34. The van der Waals surface area contributed by atoms with Crippen molar-refractivity contribution in [3.05, 3.63) is 27.8 Å². The number of nitro groups is 1. The quantitative estimate of drug-likeness (QED) is 0.617. The Balaban J connectivity index is 2.27. The Kier molecular flexibility index (Phi) is 4.25. The Hall–Kier alpha value is -1.77. The minimum atomic E-state index is -0.726. The SMILES string of the molecule is COCC(O)CNc1ccc2scnc2c1[N+](=O)[O-]. The molecular formula is C11H13N3O4S. The summed E-state index contributed by atoms with van der Waals surface area (Å²) in [4.78, 5) is 14.7. The lowest BCUT2D eigenvalue weighted by atomic mass is 10.2. The third-order valence-electron chi connectivity index (χ3n) is 2.55. The fraction of sp³-hybridized carbons (Fsp3) is 0.364. The number of nitrogens with one attached hydrogen (secondary N) is 1. The van der Waals surface area contributed by atoms with Crippen LogP contribution in [-0.2, 0) is 4.74 Å². The van der Waals surface area contributed by atoms with Crippen molar-refractivity contribution >= 4 is 32.9 Å². The van der Waals surface area contributed by atoms with Gasteiger partial charge < -0.3 is 15.2 Å². The van der Waals surface area contributed by atoms with Crippen molar-refractivity contribution in [3.8, 4) is 0 Å². The van der Waals surface area contributed by atoms with E-state index in [1.807, 2.05) is 0 Å². The van der Waals surface area contributed by atoms with Gasteiger partial charge in [0.05, 0.1) is 27.8 Å². The molecule has 0 aliphatic rings. The Bertz CT molecular complexity index is 586. The number of nitrogens with zero attached hydrogens (tertiary/aromatic N) is 2. The van der Waals surface area contributed by atoms with Crippen LogP contribution in [-0.4, -0.2) is 41.4 Å². The molecule has 102 valence electrons. The number of aliphatic hydroxyl groups excluding tert-OH is 1. The van der Waals surface area contributed by atoms with Crippen molar-refractivity contribution in [2.75, 3.05) is 25.6 Å². The van der Waals surface area contributed by atoms with E-state index < -0.39 is 11.0 Å². The third kappa shape index (κ3) is 2.98. The number of ether oxygens (including phenoxy) is 1. The number of anilines is 1. The monoisotopic (exact) mass is 283 g/mol. The summed E-state index contributed by atoms with van der Waals surface area (Å²) in [6.07, 6.45) is -0.726. The van der Waals surface area contributed by atoms with Crippen LogP contribution in [0.3, 0.4) is 0 Å². The summed E-state index contributed by atoms with van der Waals surface area (Å²) < 4.78 is 5.55. The Morgan fingerprint density at radius 3 is 3.11 bits per heavy atom. The second kappa shape index (κ2) is 5.91. The first-order valence-corrected chi connectivity index (χ1v) is 6.43. The number of aliphatic hydroxyl groups is 1. The average Bonchev–Trinajstić information content (AvgIpc) is 2.83. The molecule has 1 aromatic heterocycles. The maximum Gasteiger partial charge on any atom is 0.319 e. The van der Waals surface area contributed by atoms with Crippen molar-refractivity contribution < 1.29 is 14.8 Å². The van der Waals surface area contributed by atoms with Crippen LogP contribution in [0.5, 0.6) is 0 Å². The number of hydrogen-bond acceptors (Lipinski definition) is 7. The van der Waals surface area contributed by atoms with Crippen LogP contribution in [0.25, 0.3) is 10.2 Å². The maximum atomic E-state index is 11.1. The van der Waals surface area contributed by atoms with Gasteiger partial charge in [0, 0.05) is 13.7 Å². The predicted octanol–water partition coefficient (Wildman–Crippen LogP) is 1.62. The van der Waals surface area contributed by atoms with Gasteiger partial charge in [-0.15, -0.1) is 11.3 Å². The van der Waals surface area contributed by atoms with Crippen molar-refractivity contribution in [3.63, 3.8) is 0 Å². The van der Waals surface area contributed by atoms with E-state index in [0.29, 0.717) is 11.2 Å². The van der Waals surface area contributed by atoms with Crippen molar-refractivity contribution in [1.82, 2.24) is 4.98 Å². The normalized spacial score (nSPS) is 12.5. The minimum absolute atomic E-state index is 0.0663. The molecule has 2 rings (SSSR count). The summed E-state index contributed by atoms with van der Waals surface area (Å²) >= 11 is 1.35. The lowest BCUT2D eigenvalue weighted by Gasteiger charge is -2.12. The van der Waals surface area contributed by atoms with Crippen molar-refractivity contribution in [1.29, 1.82) is 0 Å². The van der Waals surface area contributed by atoms with Gasteiger partial charge >= 0.3 is 5.69 Å². The van der Waals surface area contributed by atoms with Crippen LogP contribution < -0.4 is 5.32 Å². The highest BCUT2D eigenvalue weighted by atomic mass is 32.1. The molecule has 1 aromatic carbocycles. The topological polar surface area (TPSA) is 97.5 Å². The lowest BCUT2D eigenvalue weighted by molar-refractivity contribution is -0.382. The zero-order chi connectivity index (χ0) is 13.8. The van der Waals surface area contributed by atoms with Crippen LogP contribution in [0.1, 0.15) is 0 Å². The first kappa shape index (κ1) is 13.7. The van der Waals surface area contributed by atoms with E-state index in [9.17, 15) is 15.2 Å². The molecular weight excluding hydrogens is 270 g/mol. The number of thiazole rings is 1. The lowest BCUT2D eigenvalue weighted by Crippen LogP contribution is -2.24. The van der Waals surface area contributed by atoms with Gasteiger partial charge in [-0.25, -0.2) is 4.98 Å². The zero-order valence-electron chi connectivity index (χ0n) is 10.2. The standard InChI is InChI=1S/C11H13N3O4S/c1-18-5-7(15)4-12-8-2-3-9-10(13-6-19-9)11(8)14(16)17/h2-3,6-7,12,15H,4-5H2,1H3. The molecule has 0 amide bonds. The van der Waals surface area contributed by atoms with Crippen LogP contribution in [0.4, 0.5) is 11.4 Å². The molecule has 1 heterocycles. The van der Waals surface area contributed by atoms with Crippen LogP contribution in [0.15, 0.2) is 17.6 Å². The van der Waals surface area contributed by atoms with E-state index >= 15 is 0 Å². The first-order chi connectivity index (χ1) is 9.13. The van der Waals surface area contributed by atoms with Gasteiger partial charge in [0.1, 0.15) is 5.69 Å². The van der Waals surface area contributed by atoms with Gasteiger partial charge in [-0.05, 0) is 12.1 Å². The van der Waals surface area contributed by atoms with E-state index in [2.05, 4.69) is 10.3 Å². The maximum absolute atomic E-state index is 11.1. The largest absolute Gasteiger partial charge is 0.389 e. The molecule has 0 saturated carbocycles. The van der Waals surface area contributed by atoms with Gasteiger partial charge in [-0.1, -0.05) is 0 Å². The van der Waals surface area contributed by atoms with Crippen LogP contribution in [0.2, 0.25) is 0 Å². The number of methoxy groups -OCH3 is 1. The Morgan fingerprint density at radius 2 is 2.42 bits per heavy atom. The fourth-order valence-corrected chi connectivity index (χ4v) is 2.40. The summed E-state index contributed by atoms with van der Waals surface area (Å²) in [5, 5.41) is 23.5. The van der Waals surface area contributed by atoms with Crippen LogP contribution >= 0.6 is 11.3 Å². The van der Waals surface area contributed by atoms with Gasteiger partial charge in [-0.2, -0.15) is 0 Å². The number of rotatable bonds is 6. The van der Waals surface area contributed by atoms with Gasteiger partial charge in [0.25, 0.3) is 0 Å². The molecule has 2 aromatic rings. The molecule has 0 radical (unpaired) electrons. The minimum Gasteiger partial charge on any atom is -0.389 e. The smallest absolute Gasteiger partial charge is 0.319 e. The summed E-state index contributed by atoms with van der Waals surface area (Å²) in [5.41, 5.74) is 2.21. The number of hydrogen-bond donors (Lipinski definition) is 2. The van der Waals surface area contributed by atoms with E-state index in [1.165, 1.54) is 18.4 Å². The van der Waals surface area contributed by atoms with Gasteiger partial charge in [0.15, 0.2) is 5.52 Å². The molecule has 7 nitrogen and oxygen atoms in total. The van der Waals surface area contributed by atoms with Gasteiger partial charge in [0.2, 0.25) is 0 Å². The second-order valence-electron chi connectivity index (χ2n) is 3.91. The van der Waals surface area contributed by atoms with E-state index in [4.69, 9.17) is 4.74 Å². The molecule has 0 fully saturated rings. The molecule has 0 aliphatic heterocycles. The fourth-order valence-electron chi connectivity index (χ4n) is 1.72. The molecule has 8 heteroatoms. The summed E-state index contributed by atoms with van der Waals surface area (Å²) in [7, 11) is 1.48. The highest BCUT2D eigenvalue weighted by Gasteiger charge is 2.20. The van der Waals surface area contributed by atoms with Crippen molar-refractivity contribution in [2.45, 2.75) is 6.10 Å². The van der Waals surface area contributed by atoms with Gasteiger partial charge in [-0.3, -0.25) is 10.1 Å². The molecule has 0 spiro atoms. The molecule has 1 unspecified atom stereocenters.